The number of carbonyl (C=O) groups excluding carboxylic acids is 1. The van der Waals surface area contributed by atoms with Crippen molar-refractivity contribution in [3.8, 4) is 0 Å². The van der Waals surface area contributed by atoms with E-state index in [1.807, 2.05) is 6.07 Å². The summed E-state index contributed by atoms with van der Waals surface area (Å²) in [5, 5.41) is 9.75. The Morgan fingerprint density at radius 3 is 2.32 bits per heavy atom. The lowest BCUT2D eigenvalue weighted by Gasteiger charge is -2.56. The first kappa shape index (κ1) is 18.4. The second kappa shape index (κ2) is 7.33. The van der Waals surface area contributed by atoms with E-state index in [9.17, 15) is 4.79 Å². The van der Waals surface area contributed by atoms with E-state index in [-0.39, 0.29) is 5.41 Å². The zero-order valence-electron chi connectivity index (χ0n) is 16.6. The molecule has 4 aliphatic carbocycles. The predicted molar refractivity (Wildman–Crippen MR) is 111 cm³/mol. The van der Waals surface area contributed by atoms with E-state index in [2.05, 4.69) is 46.0 Å². The smallest absolute Gasteiger partial charge is 0.191 e. The van der Waals surface area contributed by atoms with Crippen LogP contribution in [-0.4, -0.2) is 26.3 Å². The van der Waals surface area contributed by atoms with Crippen molar-refractivity contribution in [1.82, 2.24) is 14.8 Å². The minimum absolute atomic E-state index is 0.00825. The second-order valence-corrected chi connectivity index (χ2v) is 10.2. The molecule has 28 heavy (non-hydrogen) atoms. The molecule has 5 heteroatoms. The lowest BCUT2D eigenvalue weighted by molar-refractivity contribution is -0.141. The summed E-state index contributed by atoms with van der Waals surface area (Å²) >= 11 is 1.60. The quantitative estimate of drug-likeness (QED) is 0.634. The molecule has 4 aliphatic rings. The van der Waals surface area contributed by atoms with Crippen molar-refractivity contribution in [2.45, 2.75) is 63.6 Å². The lowest BCUT2D eigenvalue weighted by Crippen LogP contribution is -2.50. The number of benzene rings is 1. The Labute approximate surface area is 171 Å². The van der Waals surface area contributed by atoms with E-state index in [1.165, 1.54) is 24.8 Å². The Bertz CT molecular complexity index is 825. The fraction of sp³-hybridized carbons (Fsp3) is 0.609. The van der Waals surface area contributed by atoms with Gasteiger partial charge in [0.2, 0.25) is 0 Å². The van der Waals surface area contributed by atoms with Crippen molar-refractivity contribution >= 4 is 17.5 Å². The van der Waals surface area contributed by atoms with Crippen LogP contribution in [0.25, 0.3) is 0 Å². The molecule has 4 bridgehead atoms. The van der Waals surface area contributed by atoms with Gasteiger partial charge in [-0.1, -0.05) is 42.1 Å². The molecule has 1 heterocycles. The normalized spacial score (nSPS) is 30.7. The molecule has 0 aliphatic heterocycles. The number of hydrogen-bond acceptors (Lipinski definition) is 4. The van der Waals surface area contributed by atoms with Gasteiger partial charge in [-0.05, 0) is 68.8 Å². The number of Topliss-reactive ketones (excluding diaryl/α,β-unsaturated/α-hetero) is 1. The summed E-state index contributed by atoms with van der Waals surface area (Å²) in [7, 11) is 0. The van der Waals surface area contributed by atoms with Gasteiger partial charge < -0.3 is 4.57 Å². The molecule has 0 unspecified atom stereocenters. The number of nitrogens with zero attached hydrogens (tertiary/aromatic N) is 3. The number of thioether (sulfide) groups is 1. The molecule has 1 aromatic carbocycles. The van der Waals surface area contributed by atoms with E-state index in [4.69, 9.17) is 0 Å². The van der Waals surface area contributed by atoms with Gasteiger partial charge in [0.25, 0.3) is 0 Å². The summed E-state index contributed by atoms with van der Waals surface area (Å²) in [6.07, 6.45) is 8.38. The summed E-state index contributed by atoms with van der Waals surface area (Å²) in [5.41, 5.74) is 1.23. The average molecular weight is 396 g/mol. The zero-order valence-corrected chi connectivity index (χ0v) is 17.5. The molecule has 1 aromatic heterocycles. The van der Waals surface area contributed by atoms with E-state index in [0.29, 0.717) is 11.5 Å². The molecule has 6 rings (SSSR count). The molecule has 0 atom stereocenters. The third-order valence-corrected chi connectivity index (χ3v) is 8.24. The maximum atomic E-state index is 13.3. The molecular weight excluding hydrogens is 366 g/mol. The topological polar surface area (TPSA) is 47.8 Å². The minimum Gasteiger partial charge on any atom is -0.306 e. The molecule has 148 valence electrons. The Hall–Kier alpha value is -1.62. The first-order valence-electron chi connectivity index (χ1n) is 10.8. The second-order valence-electron chi connectivity index (χ2n) is 9.22. The van der Waals surface area contributed by atoms with Gasteiger partial charge >= 0.3 is 0 Å². The summed E-state index contributed by atoms with van der Waals surface area (Å²) in [6, 6.07) is 10.4. The van der Waals surface area contributed by atoms with Crippen molar-refractivity contribution in [2.24, 2.45) is 23.2 Å². The average Bonchev–Trinajstić information content (AvgIpc) is 3.07. The Balaban J connectivity index is 1.27. The van der Waals surface area contributed by atoms with Crippen molar-refractivity contribution in [2.75, 3.05) is 5.75 Å². The van der Waals surface area contributed by atoms with Gasteiger partial charge in [0, 0.05) is 18.4 Å². The predicted octanol–water partition coefficient (Wildman–Crippen LogP) is 4.77. The van der Waals surface area contributed by atoms with Crippen LogP contribution in [-0.2, 0) is 17.8 Å². The SMILES string of the molecule is CCn1c(Cc2ccccc2)nnc1SCC(=O)C12CC3CC(CC(C3)C1)C2. The van der Waals surface area contributed by atoms with E-state index in [0.717, 1.165) is 61.0 Å². The highest BCUT2D eigenvalue weighted by molar-refractivity contribution is 7.99. The number of carbonyl (C=O) groups is 1. The van der Waals surface area contributed by atoms with Crippen LogP contribution in [0, 0.1) is 23.2 Å². The molecule has 0 amide bonds. The van der Waals surface area contributed by atoms with Gasteiger partial charge in [-0.3, -0.25) is 4.79 Å². The van der Waals surface area contributed by atoms with Crippen LogP contribution >= 0.6 is 11.8 Å². The number of rotatable bonds is 7. The lowest BCUT2D eigenvalue weighted by atomic mass is 9.48. The summed E-state index contributed by atoms with van der Waals surface area (Å²) in [6.45, 7) is 2.96. The van der Waals surface area contributed by atoms with Crippen LogP contribution < -0.4 is 0 Å². The summed E-state index contributed by atoms with van der Waals surface area (Å²) in [5.74, 6) is 4.46. The van der Waals surface area contributed by atoms with Crippen LogP contribution in [0.15, 0.2) is 35.5 Å². The van der Waals surface area contributed by atoms with E-state index in [1.54, 1.807) is 11.8 Å². The molecule has 4 fully saturated rings. The third kappa shape index (κ3) is 3.32. The number of aromatic nitrogens is 3. The van der Waals surface area contributed by atoms with Crippen LogP contribution in [0.1, 0.15) is 56.8 Å². The molecule has 4 nitrogen and oxygen atoms in total. The highest BCUT2D eigenvalue weighted by Crippen LogP contribution is 2.60. The van der Waals surface area contributed by atoms with Crippen molar-refractivity contribution < 1.29 is 4.79 Å². The summed E-state index contributed by atoms with van der Waals surface area (Å²) < 4.78 is 2.17. The van der Waals surface area contributed by atoms with Gasteiger partial charge in [-0.15, -0.1) is 10.2 Å². The van der Waals surface area contributed by atoms with Gasteiger partial charge in [-0.25, -0.2) is 0 Å². The van der Waals surface area contributed by atoms with Crippen LogP contribution in [0.3, 0.4) is 0 Å². The molecule has 0 radical (unpaired) electrons. The first-order valence-corrected chi connectivity index (χ1v) is 11.8. The number of hydrogen-bond donors (Lipinski definition) is 0. The van der Waals surface area contributed by atoms with Crippen LogP contribution in [0.2, 0.25) is 0 Å². The largest absolute Gasteiger partial charge is 0.306 e. The zero-order chi connectivity index (χ0) is 19.1. The van der Waals surface area contributed by atoms with Crippen molar-refractivity contribution in [1.29, 1.82) is 0 Å². The number of ketones is 1. The Morgan fingerprint density at radius 2 is 1.71 bits per heavy atom. The Kier molecular flexibility index (Phi) is 4.82. The van der Waals surface area contributed by atoms with Gasteiger partial charge in [0.1, 0.15) is 11.6 Å². The van der Waals surface area contributed by atoms with Gasteiger partial charge in [-0.2, -0.15) is 0 Å². The highest BCUT2D eigenvalue weighted by Gasteiger charge is 2.54. The van der Waals surface area contributed by atoms with Crippen LogP contribution in [0.5, 0.6) is 0 Å². The molecule has 4 saturated carbocycles. The Morgan fingerprint density at radius 1 is 1.07 bits per heavy atom. The molecule has 0 saturated heterocycles. The molecule has 0 N–H and O–H groups in total. The fourth-order valence-electron chi connectivity index (χ4n) is 6.39. The maximum Gasteiger partial charge on any atom is 0.191 e. The fourth-order valence-corrected chi connectivity index (χ4v) is 7.44. The molecule has 2 aromatic rings. The molecular formula is C23H29N3OS. The maximum absolute atomic E-state index is 13.3. The van der Waals surface area contributed by atoms with Gasteiger partial charge in [0.15, 0.2) is 5.16 Å². The van der Waals surface area contributed by atoms with E-state index >= 15 is 0 Å². The van der Waals surface area contributed by atoms with Crippen LogP contribution in [0.4, 0.5) is 0 Å². The molecule has 0 spiro atoms. The minimum atomic E-state index is -0.00825. The standard InChI is InChI=1S/C23H29N3OS/c1-2-26-21(11-16-6-4-3-5-7-16)24-25-22(26)28-15-20(27)23-12-17-8-18(13-23)10-19(9-17)14-23/h3-7,17-19H,2,8-15H2,1H3. The first-order chi connectivity index (χ1) is 13.6. The monoisotopic (exact) mass is 395 g/mol. The van der Waals surface area contributed by atoms with Gasteiger partial charge in [0.05, 0.1) is 5.75 Å². The summed E-state index contributed by atoms with van der Waals surface area (Å²) in [4.78, 5) is 13.3. The third-order valence-electron chi connectivity index (χ3n) is 7.28. The highest BCUT2D eigenvalue weighted by atomic mass is 32.2. The van der Waals surface area contributed by atoms with Crippen molar-refractivity contribution in [3.63, 3.8) is 0 Å². The van der Waals surface area contributed by atoms with E-state index < -0.39 is 0 Å². The van der Waals surface area contributed by atoms with Crippen molar-refractivity contribution in [3.05, 3.63) is 41.7 Å².